The Kier molecular flexibility index (Phi) is 5.82. The normalized spacial score (nSPS) is 25.5. The molecule has 1 saturated carbocycles. The van der Waals surface area contributed by atoms with Crippen LogP contribution in [0.4, 0.5) is 10.5 Å². The van der Waals surface area contributed by atoms with Gasteiger partial charge >= 0.3 is 12.0 Å². The van der Waals surface area contributed by atoms with Crippen molar-refractivity contribution >= 4 is 17.7 Å². The number of carboxylic acid groups (broad SMARTS) is 1. The fraction of sp³-hybridized carbons (Fsp3) is 0.619. The molecule has 7 nitrogen and oxygen atoms in total. The number of nitrogens with one attached hydrogen (secondary N) is 2. The zero-order chi connectivity index (χ0) is 19.5. The van der Waals surface area contributed by atoms with E-state index in [1.54, 1.807) is 0 Å². The Morgan fingerprint density at radius 3 is 2.61 bits per heavy atom. The molecule has 28 heavy (non-hydrogen) atoms. The second-order valence-electron chi connectivity index (χ2n) is 8.11. The van der Waals surface area contributed by atoms with Crippen LogP contribution in [0.15, 0.2) is 18.2 Å². The van der Waals surface area contributed by atoms with Gasteiger partial charge in [0.1, 0.15) is 0 Å². The molecule has 2 heterocycles. The lowest BCUT2D eigenvalue weighted by atomic mass is 9.90. The summed E-state index contributed by atoms with van der Waals surface area (Å²) < 4.78 is 0. The number of hydrogen-bond acceptors (Lipinski definition) is 4. The lowest BCUT2D eigenvalue weighted by Crippen LogP contribution is -2.45. The minimum Gasteiger partial charge on any atom is -0.480 e. The van der Waals surface area contributed by atoms with E-state index in [9.17, 15) is 9.59 Å². The predicted octanol–water partition coefficient (Wildman–Crippen LogP) is 1.60. The van der Waals surface area contributed by atoms with Crippen LogP contribution in [-0.4, -0.2) is 66.8 Å². The molecule has 2 fully saturated rings. The molecule has 3 aliphatic rings. The molecule has 0 unspecified atom stereocenters. The molecule has 0 aromatic heterocycles. The van der Waals surface area contributed by atoms with Gasteiger partial charge in [-0.2, -0.15) is 0 Å². The summed E-state index contributed by atoms with van der Waals surface area (Å²) >= 11 is 0. The maximum atomic E-state index is 13.1. The molecule has 0 radical (unpaired) electrons. The highest BCUT2D eigenvalue weighted by molar-refractivity contribution is 5.94. The quantitative estimate of drug-likeness (QED) is 0.716. The molecule has 0 atom stereocenters. The molecule has 1 aliphatic carbocycles. The van der Waals surface area contributed by atoms with E-state index >= 15 is 0 Å². The van der Waals surface area contributed by atoms with Crippen LogP contribution < -0.4 is 15.5 Å². The Labute approximate surface area is 166 Å². The van der Waals surface area contributed by atoms with E-state index in [0.29, 0.717) is 0 Å². The van der Waals surface area contributed by atoms with E-state index < -0.39 is 5.97 Å². The van der Waals surface area contributed by atoms with Crippen molar-refractivity contribution in [2.75, 3.05) is 37.6 Å². The first kappa shape index (κ1) is 19.2. The molecular weight excluding hydrogens is 356 g/mol. The van der Waals surface area contributed by atoms with Crippen molar-refractivity contribution in [2.45, 2.75) is 50.6 Å². The van der Waals surface area contributed by atoms with E-state index in [-0.39, 0.29) is 24.7 Å². The fourth-order valence-corrected chi connectivity index (χ4v) is 4.78. The Balaban J connectivity index is 1.37. The van der Waals surface area contributed by atoms with Crippen molar-refractivity contribution < 1.29 is 14.7 Å². The highest BCUT2D eigenvalue weighted by Gasteiger charge is 2.36. The number of fused-ring (bicyclic) bond motifs is 1. The molecule has 1 aromatic rings. The molecule has 2 amide bonds. The molecule has 1 aromatic carbocycles. The molecule has 1 saturated heterocycles. The fourth-order valence-electron chi connectivity index (χ4n) is 4.78. The van der Waals surface area contributed by atoms with Gasteiger partial charge in [0, 0.05) is 30.9 Å². The smallest absolute Gasteiger partial charge is 0.324 e. The van der Waals surface area contributed by atoms with Gasteiger partial charge in [0.05, 0.1) is 6.54 Å². The lowest BCUT2D eigenvalue weighted by molar-refractivity contribution is -0.136. The number of carbonyl (C=O) groups is 2. The summed E-state index contributed by atoms with van der Waals surface area (Å²) in [5, 5.41) is 15.3. The number of rotatable bonds is 5. The van der Waals surface area contributed by atoms with Crippen LogP contribution >= 0.6 is 0 Å². The van der Waals surface area contributed by atoms with Gasteiger partial charge in [-0.05, 0) is 74.9 Å². The standard InChI is InChI=1S/C21H30N4O3/c26-20(27)14-23-17-2-5-18(6-3-17)24-11-12-25(21(24)28)19-4-1-15-7-9-22-10-8-16(15)13-19/h1,4,13,17-18,22-23H,2-3,5-12,14H2,(H,26,27)/t17-,18-. The van der Waals surface area contributed by atoms with Crippen LogP contribution in [0, 0.1) is 0 Å². The number of nitrogens with zero attached hydrogens (tertiary/aromatic N) is 2. The second kappa shape index (κ2) is 8.49. The molecule has 0 spiro atoms. The van der Waals surface area contributed by atoms with Gasteiger partial charge < -0.3 is 20.6 Å². The molecular formula is C21H30N4O3. The van der Waals surface area contributed by atoms with Crippen LogP contribution in [0.25, 0.3) is 0 Å². The first-order valence-corrected chi connectivity index (χ1v) is 10.5. The molecule has 152 valence electrons. The van der Waals surface area contributed by atoms with Gasteiger partial charge in [0.25, 0.3) is 0 Å². The third-order valence-corrected chi connectivity index (χ3v) is 6.36. The highest BCUT2D eigenvalue weighted by Crippen LogP contribution is 2.30. The van der Waals surface area contributed by atoms with Crippen LogP contribution in [-0.2, 0) is 17.6 Å². The average molecular weight is 386 g/mol. The molecule has 7 heteroatoms. The van der Waals surface area contributed by atoms with Gasteiger partial charge in [-0.1, -0.05) is 6.07 Å². The Morgan fingerprint density at radius 1 is 1.11 bits per heavy atom. The van der Waals surface area contributed by atoms with Crippen molar-refractivity contribution in [3.05, 3.63) is 29.3 Å². The third-order valence-electron chi connectivity index (χ3n) is 6.36. The van der Waals surface area contributed by atoms with E-state index in [1.807, 2.05) is 9.80 Å². The molecule has 3 N–H and O–H groups in total. The summed E-state index contributed by atoms with van der Waals surface area (Å²) in [5.74, 6) is -0.816. The lowest BCUT2D eigenvalue weighted by Gasteiger charge is -2.34. The van der Waals surface area contributed by atoms with Crippen molar-refractivity contribution in [3.8, 4) is 0 Å². The van der Waals surface area contributed by atoms with Crippen LogP contribution in [0.5, 0.6) is 0 Å². The number of carboxylic acids is 1. The monoisotopic (exact) mass is 386 g/mol. The predicted molar refractivity (Wildman–Crippen MR) is 108 cm³/mol. The number of hydrogen-bond donors (Lipinski definition) is 3. The summed E-state index contributed by atoms with van der Waals surface area (Å²) in [6.07, 6.45) is 5.79. The number of benzene rings is 1. The summed E-state index contributed by atoms with van der Waals surface area (Å²) in [4.78, 5) is 27.7. The Morgan fingerprint density at radius 2 is 1.86 bits per heavy atom. The van der Waals surface area contributed by atoms with E-state index in [1.165, 1.54) is 11.1 Å². The van der Waals surface area contributed by atoms with Gasteiger partial charge in [0.15, 0.2) is 0 Å². The van der Waals surface area contributed by atoms with Gasteiger partial charge in [0.2, 0.25) is 0 Å². The minimum atomic E-state index is -0.816. The maximum absolute atomic E-state index is 13.1. The zero-order valence-electron chi connectivity index (χ0n) is 16.3. The second-order valence-corrected chi connectivity index (χ2v) is 8.11. The maximum Gasteiger partial charge on any atom is 0.324 e. The summed E-state index contributed by atoms with van der Waals surface area (Å²) in [6.45, 7) is 3.55. The molecule has 2 aliphatic heterocycles. The van der Waals surface area contributed by atoms with E-state index in [2.05, 4.69) is 28.8 Å². The molecule has 4 rings (SSSR count). The van der Waals surface area contributed by atoms with E-state index in [4.69, 9.17) is 5.11 Å². The first-order chi connectivity index (χ1) is 13.6. The van der Waals surface area contributed by atoms with Crippen molar-refractivity contribution in [1.29, 1.82) is 0 Å². The van der Waals surface area contributed by atoms with Crippen molar-refractivity contribution in [3.63, 3.8) is 0 Å². The Hall–Kier alpha value is -2.12. The average Bonchev–Trinajstić information content (AvgIpc) is 2.93. The van der Waals surface area contributed by atoms with Gasteiger partial charge in [-0.25, -0.2) is 4.79 Å². The third kappa shape index (κ3) is 4.15. The minimum absolute atomic E-state index is 0.0135. The largest absolute Gasteiger partial charge is 0.480 e. The summed E-state index contributed by atoms with van der Waals surface area (Å²) in [5.41, 5.74) is 3.77. The number of amides is 2. The van der Waals surface area contributed by atoms with Crippen LogP contribution in [0.3, 0.4) is 0 Å². The SMILES string of the molecule is O=C(O)CN[C@H]1CC[C@H](N2CCN(c3ccc4c(c3)CCNCC4)C2=O)CC1. The van der Waals surface area contributed by atoms with Gasteiger partial charge in [-0.3, -0.25) is 9.69 Å². The first-order valence-electron chi connectivity index (χ1n) is 10.5. The van der Waals surface area contributed by atoms with Crippen LogP contribution in [0.1, 0.15) is 36.8 Å². The Bertz CT molecular complexity index is 730. The number of anilines is 1. The van der Waals surface area contributed by atoms with Crippen molar-refractivity contribution in [2.24, 2.45) is 0 Å². The van der Waals surface area contributed by atoms with E-state index in [0.717, 1.165) is 70.4 Å². The number of carbonyl (C=O) groups excluding carboxylic acids is 1. The highest BCUT2D eigenvalue weighted by atomic mass is 16.4. The number of urea groups is 1. The summed E-state index contributed by atoms with van der Waals surface area (Å²) in [7, 11) is 0. The van der Waals surface area contributed by atoms with Gasteiger partial charge in [-0.15, -0.1) is 0 Å². The van der Waals surface area contributed by atoms with Crippen molar-refractivity contribution in [1.82, 2.24) is 15.5 Å². The summed E-state index contributed by atoms with van der Waals surface area (Å²) in [6, 6.07) is 7.13. The topological polar surface area (TPSA) is 84.9 Å². The molecule has 0 bridgehead atoms. The number of aliphatic carboxylic acids is 1. The van der Waals surface area contributed by atoms with Crippen LogP contribution in [0.2, 0.25) is 0 Å². The zero-order valence-corrected chi connectivity index (χ0v) is 16.3.